The Morgan fingerprint density at radius 2 is 1.12 bits per heavy atom. The highest BCUT2D eigenvalue weighted by atomic mass is 15.2. The van der Waals surface area contributed by atoms with E-state index in [2.05, 4.69) is 108 Å². The lowest BCUT2D eigenvalue weighted by Gasteiger charge is -2.12. The molecule has 4 aromatic carbocycles. The average Bonchev–Trinajstić information content (AvgIpc) is 3.20. The molecule has 0 N–H and O–H groups in total. The summed E-state index contributed by atoms with van der Waals surface area (Å²) in [5.41, 5.74) is 6.72. The maximum atomic E-state index is 5.09. The molecule has 0 aliphatic carbocycles. The molecule has 1 aliphatic heterocycles. The highest BCUT2D eigenvalue weighted by Gasteiger charge is 2.15. The molecule has 5 aromatic rings. The van der Waals surface area contributed by atoms with E-state index in [0.29, 0.717) is 5.96 Å². The number of rotatable bonds is 2. The van der Waals surface area contributed by atoms with E-state index in [1.54, 1.807) is 0 Å². The van der Waals surface area contributed by atoms with Crippen LogP contribution in [0.3, 0.4) is 0 Å². The Bertz CT molecular complexity index is 1480. The molecule has 0 saturated carbocycles. The van der Waals surface area contributed by atoms with Gasteiger partial charge in [0, 0.05) is 17.0 Å². The minimum absolute atomic E-state index is 0.700. The van der Waals surface area contributed by atoms with E-state index in [1.165, 1.54) is 21.9 Å². The van der Waals surface area contributed by atoms with Crippen LogP contribution in [0, 0.1) is 0 Å². The topological polar surface area (TPSA) is 29.6 Å². The van der Waals surface area contributed by atoms with Gasteiger partial charge < -0.3 is 0 Å². The van der Waals surface area contributed by atoms with Gasteiger partial charge in [-0.25, -0.2) is 9.98 Å². The molecule has 0 bridgehead atoms. The molecule has 3 nitrogen and oxygen atoms in total. The molecule has 2 heterocycles. The van der Waals surface area contributed by atoms with Crippen molar-refractivity contribution in [2.24, 2.45) is 9.98 Å². The van der Waals surface area contributed by atoms with Gasteiger partial charge in [-0.05, 0) is 41.7 Å². The predicted octanol–water partition coefficient (Wildman–Crippen LogP) is 7.57. The third-order valence-electron chi connectivity index (χ3n) is 6.13. The Morgan fingerprint density at radius 3 is 1.82 bits per heavy atom. The van der Waals surface area contributed by atoms with Gasteiger partial charge in [0.25, 0.3) is 0 Å². The van der Waals surface area contributed by atoms with Crippen molar-refractivity contribution in [3.05, 3.63) is 115 Å². The first-order valence-electron chi connectivity index (χ1n) is 11.3. The second kappa shape index (κ2) is 8.36. The van der Waals surface area contributed by atoms with Crippen molar-refractivity contribution in [1.82, 2.24) is 4.57 Å². The summed E-state index contributed by atoms with van der Waals surface area (Å²) in [6.45, 7) is 0. The zero-order valence-electron chi connectivity index (χ0n) is 18.2. The van der Waals surface area contributed by atoms with Gasteiger partial charge in [0.05, 0.1) is 16.7 Å². The summed E-state index contributed by atoms with van der Waals surface area (Å²) in [7, 11) is 0. The lowest BCUT2D eigenvalue weighted by atomic mass is 10.0. The first kappa shape index (κ1) is 19.4. The van der Waals surface area contributed by atoms with Crippen molar-refractivity contribution in [2.75, 3.05) is 0 Å². The zero-order chi connectivity index (χ0) is 22.0. The Kier molecular flexibility index (Phi) is 4.93. The first-order valence-corrected chi connectivity index (χ1v) is 11.3. The highest BCUT2D eigenvalue weighted by Crippen LogP contribution is 2.30. The molecule has 33 heavy (non-hydrogen) atoms. The number of hydrogen-bond donors (Lipinski definition) is 0. The van der Waals surface area contributed by atoms with E-state index < -0.39 is 0 Å². The van der Waals surface area contributed by atoms with Crippen molar-refractivity contribution in [1.29, 1.82) is 0 Å². The number of benzene rings is 4. The predicted molar refractivity (Wildman–Crippen MR) is 140 cm³/mol. The lowest BCUT2D eigenvalue weighted by Crippen LogP contribution is -2.10. The largest absolute Gasteiger partial charge is 0.278 e. The van der Waals surface area contributed by atoms with Crippen molar-refractivity contribution in [3.8, 4) is 11.1 Å². The Hall–Kier alpha value is -4.24. The normalized spacial score (nSPS) is 18.2. The summed E-state index contributed by atoms with van der Waals surface area (Å²) in [4.78, 5) is 9.91. The van der Waals surface area contributed by atoms with Crippen LogP contribution >= 0.6 is 0 Å². The maximum absolute atomic E-state index is 5.09. The second-order valence-electron chi connectivity index (χ2n) is 8.20. The molecular formula is C30H23N3. The van der Waals surface area contributed by atoms with Gasteiger partial charge in [-0.2, -0.15) is 0 Å². The van der Waals surface area contributed by atoms with E-state index in [4.69, 9.17) is 9.98 Å². The minimum atomic E-state index is 0.700. The van der Waals surface area contributed by atoms with Gasteiger partial charge in [-0.3, -0.25) is 4.57 Å². The summed E-state index contributed by atoms with van der Waals surface area (Å²) < 4.78 is 2.18. The summed E-state index contributed by atoms with van der Waals surface area (Å²) in [5, 5.41) is 2.43. The van der Waals surface area contributed by atoms with E-state index in [1.807, 2.05) is 12.3 Å². The number of nitrogens with zero attached hydrogens (tertiary/aromatic N) is 3. The van der Waals surface area contributed by atoms with Gasteiger partial charge in [-0.1, -0.05) is 97.1 Å². The molecule has 1 aliphatic rings. The molecule has 3 heteroatoms. The van der Waals surface area contributed by atoms with E-state index >= 15 is 0 Å². The van der Waals surface area contributed by atoms with Crippen LogP contribution in [0.5, 0.6) is 0 Å². The van der Waals surface area contributed by atoms with Crippen LogP contribution in [0.25, 0.3) is 38.6 Å². The van der Waals surface area contributed by atoms with Crippen LogP contribution in [0.2, 0.25) is 0 Å². The van der Waals surface area contributed by atoms with Gasteiger partial charge in [0.1, 0.15) is 0 Å². The molecule has 1 aromatic heterocycles. The van der Waals surface area contributed by atoms with E-state index in [9.17, 15) is 0 Å². The standard InChI is InChI=1S/C30H23N3/c1-2-10-22(11-3-1)23-17-19-24(20-18-23)27-14-8-9-21-31-30(32-27)33-28-15-6-4-12-25(28)26-13-5-7-16-29(26)33/h1-7,10-21H,8-9H2/b27-14-,31-21-,32-30+. The zero-order valence-corrected chi connectivity index (χ0v) is 18.2. The number of aromatic nitrogens is 1. The molecule has 0 fully saturated rings. The maximum Gasteiger partial charge on any atom is 0.234 e. The fraction of sp³-hybridized carbons (Fsp3) is 0.0667. The summed E-state index contributed by atoms with van der Waals surface area (Å²) in [5.74, 6) is 0.700. The molecule has 0 spiro atoms. The number of para-hydroxylation sites is 2. The Morgan fingerprint density at radius 1 is 0.545 bits per heavy atom. The molecule has 158 valence electrons. The van der Waals surface area contributed by atoms with Crippen LogP contribution < -0.4 is 0 Å². The number of hydrogen-bond acceptors (Lipinski definition) is 2. The Balaban J connectivity index is 1.48. The monoisotopic (exact) mass is 425 g/mol. The third-order valence-corrected chi connectivity index (χ3v) is 6.13. The fourth-order valence-electron chi connectivity index (χ4n) is 4.52. The van der Waals surface area contributed by atoms with Crippen molar-refractivity contribution in [2.45, 2.75) is 12.8 Å². The van der Waals surface area contributed by atoms with Gasteiger partial charge in [0.15, 0.2) is 0 Å². The van der Waals surface area contributed by atoms with Crippen LogP contribution in [0.15, 0.2) is 119 Å². The number of aliphatic imine (C=N–C) groups is 2. The van der Waals surface area contributed by atoms with Crippen LogP contribution in [-0.4, -0.2) is 16.7 Å². The quantitative estimate of drug-likeness (QED) is 0.279. The number of allylic oxidation sites excluding steroid dienone is 1. The number of fused-ring (bicyclic) bond motifs is 3. The smallest absolute Gasteiger partial charge is 0.234 e. The van der Waals surface area contributed by atoms with E-state index in [0.717, 1.165) is 35.1 Å². The fourth-order valence-corrected chi connectivity index (χ4v) is 4.52. The van der Waals surface area contributed by atoms with Gasteiger partial charge in [-0.15, -0.1) is 0 Å². The van der Waals surface area contributed by atoms with Crippen molar-refractivity contribution < 1.29 is 0 Å². The molecule has 0 radical (unpaired) electrons. The molecular weight excluding hydrogens is 402 g/mol. The molecule has 6 rings (SSSR count). The SMILES string of the molecule is C1=N/C(n2c3ccccc3c3ccccc32)=N\C(c2ccc(-c3ccccc3)cc2)=C/CC\1. The summed E-state index contributed by atoms with van der Waals surface area (Å²) in [6.07, 6.45) is 6.01. The van der Waals surface area contributed by atoms with Crippen molar-refractivity contribution >= 4 is 39.7 Å². The van der Waals surface area contributed by atoms with Crippen LogP contribution in [-0.2, 0) is 0 Å². The first-order chi connectivity index (χ1) is 16.4. The minimum Gasteiger partial charge on any atom is -0.278 e. The van der Waals surface area contributed by atoms with Crippen LogP contribution in [0.4, 0.5) is 0 Å². The molecule has 0 atom stereocenters. The van der Waals surface area contributed by atoms with Gasteiger partial charge in [0.2, 0.25) is 5.96 Å². The van der Waals surface area contributed by atoms with Crippen molar-refractivity contribution in [3.63, 3.8) is 0 Å². The molecule has 0 unspecified atom stereocenters. The molecule has 0 saturated heterocycles. The lowest BCUT2D eigenvalue weighted by molar-refractivity contribution is 1.09. The summed E-state index contributed by atoms with van der Waals surface area (Å²) >= 11 is 0. The van der Waals surface area contributed by atoms with Crippen LogP contribution in [0.1, 0.15) is 18.4 Å². The van der Waals surface area contributed by atoms with Gasteiger partial charge >= 0.3 is 0 Å². The van der Waals surface area contributed by atoms with E-state index in [-0.39, 0.29) is 0 Å². The average molecular weight is 426 g/mol. The third kappa shape index (κ3) is 3.58. The Labute approximate surface area is 193 Å². The summed E-state index contributed by atoms with van der Waals surface area (Å²) in [6, 6.07) is 36.1. The molecule has 0 amide bonds. The highest BCUT2D eigenvalue weighted by molar-refractivity contribution is 6.15. The second-order valence-corrected chi connectivity index (χ2v) is 8.20.